The van der Waals surface area contributed by atoms with E-state index in [9.17, 15) is 9.59 Å². The molecule has 0 aliphatic heterocycles. The molecule has 0 fully saturated rings. The minimum atomic E-state index is -0.572. The number of rotatable bonds is 8. The van der Waals surface area contributed by atoms with Gasteiger partial charge in [0.15, 0.2) is 18.1 Å². The fourth-order valence-electron chi connectivity index (χ4n) is 2.92. The number of primary amides is 1. The van der Waals surface area contributed by atoms with Crippen LogP contribution in [0.25, 0.3) is 10.6 Å². The molecule has 0 unspecified atom stereocenters. The molecule has 0 saturated heterocycles. The van der Waals surface area contributed by atoms with Gasteiger partial charge in [-0.05, 0) is 37.1 Å². The van der Waals surface area contributed by atoms with Gasteiger partial charge in [0.1, 0.15) is 10.7 Å². The van der Waals surface area contributed by atoms with Gasteiger partial charge in [-0.25, -0.2) is 4.98 Å². The topological polar surface area (TPSA) is 104 Å². The van der Waals surface area contributed by atoms with Crippen molar-refractivity contribution in [1.82, 2.24) is 10.3 Å². The zero-order valence-corrected chi connectivity index (χ0v) is 17.8. The Balaban J connectivity index is 1.66. The number of nitrogens with two attached hydrogens (primary N) is 1. The number of amides is 2. The third kappa shape index (κ3) is 5.15. The molecule has 2 amide bonds. The van der Waals surface area contributed by atoms with Crippen LogP contribution >= 0.6 is 11.3 Å². The molecule has 0 saturated carbocycles. The fourth-order valence-corrected chi connectivity index (χ4v) is 3.81. The Bertz CT molecular complexity index is 1080. The van der Waals surface area contributed by atoms with Crippen molar-refractivity contribution in [2.45, 2.75) is 20.4 Å². The number of thiazole rings is 1. The second-order valence-electron chi connectivity index (χ2n) is 6.78. The highest BCUT2D eigenvalue weighted by atomic mass is 32.1. The van der Waals surface area contributed by atoms with Gasteiger partial charge in [-0.3, -0.25) is 9.59 Å². The first-order valence-electron chi connectivity index (χ1n) is 9.26. The molecule has 0 spiro atoms. The molecule has 3 rings (SSSR count). The molecule has 0 aliphatic carbocycles. The third-order valence-electron chi connectivity index (χ3n) is 4.40. The van der Waals surface area contributed by atoms with Crippen molar-refractivity contribution in [3.05, 3.63) is 64.2 Å². The first kappa shape index (κ1) is 21.3. The van der Waals surface area contributed by atoms with Crippen LogP contribution in [0.15, 0.2) is 41.8 Å². The first-order chi connectivity index (χ1) is 14.4. The van der Waals surface area contributed by atoms with Gasteiger partial charge in [0, 0.05) is 17.5 Å². The predicted octanol–water partition coefficient (Wildman–Crippen LogP) is 3.23. The number of aromatic nitrogens is 1. The van der Waals surface area contributed by atoms with Crippen molar-refractivity contribution in [2.24, 2.45) is 5.73 Å². The fraction of sp³-hybridized carbons (Fsp3) is 0.227. The lowest BCUT2D eigenvalue weighted by Gasteiger charge is -2.11. The lowest BCUT2D eigenvalue weighted by atomic mass is 10.1. The minimum absolute atomic E-state index is 0.237. The van der Waals surface area contributed by atoms with E-state index in [0.29, 0.717) is 23.7 Å². The summed E-state index contributed by atoms with van der Waals surface area (Å²) in [6, 6.07) is 11.3. The van der Waals surface area contributed by atoms with Crippen LogP contribution in [0.1, 0.15) is 27.2 Å². The Hall–Kier alpha value is -3.39. The number of nitrogens with zero attached hydrogens (tertiary/aromatic N) is 1. The number of hydrogen-bond donors (Lipinski definition) is 2. The quantitative estimate of drug-likeness (QED) is 0.577. The van der Waals surface area contributed by atoms with Crippen LogP contribution in [0.3, 0.4) is 0 Å². The second kappa shape index (κ2) is 9.41. The van der Waals surface area contributed by atoms with E-state index in [2.05, 4.69) is 16.4 Å². The number of methoxy groups -OCH3 is 1. The monoisotopic (exact) mass is 425 g/mol. The Morgan fingerprint density at radius 1 is 1.13 bits per heavy atom. The molecular weight excluding hydrogens is 402 g/mol. The summed E-state index contributed by atoms with van der Waals surface area (Å²) in [5.41, 5.74) is 9.63. The van der Waals surface area contributed by atoms with E-state index in [1.54, 1.807) is 23.6 Å². The largest absolute Gasteiger partial charge is 0.493 e. The molecule has 30 heavy (non-hydrogen) atoms. The summed E-state index contributed by atoms with van der Waals surface area (Å²) in [5.74, 6) is 0.0323. The van der Waals surface area contributed by atoms with E-state index in [-0.39, 0.29) is 12.5 Å². The standard InChI is InChI=1S/C22H23N3O4S/c1-13-4-6-16(14(2)8-13)22-25-17(12-30-22)21(27)24-10-15-5-7-18(19(9-15)28-3)29-11-20(23)26/h4-9,12H,10-11H2,1-3H3,(H2,23,26)(H,24,27). The van der Waals surface area contributed by atoms with Crippen molar-refractivity contribution in [2.75, 3.05) is 13.7 Å². The Labute approximate surface area is 178 Å². The number of hydrogen-bond acceptors (Lipinski definition) is 6. The smallest absolute Gasteiger partial charge is 0.271 e. The van der Waals surface area contributed by atoms with Crippen LogP contribution in [0.4, 0.5) is 0 Å². The number of benzene rings is 2. The van der Waals surface area contributed by atoms with Crippen LogP contribution in [0.5, 0.6) is 11.5 Å². The van der Waals surface area contributed by atoms with Crippen molar-refractivity contribution < 1.29 is 19.1 Å². The number of ether oxygens (including phenoxy) is 2. The van der Waals surface area contributed by atoms with Gasteiger partial charge >= 0.3 is 0 Å². The zero-order chi connectivity index (χ0) is 21.7. The number of aryl methyl sites for hydroxylation is 2. The molecule has 0 bridgehead atoms. The van der Waals surface area contributed by atoms with Crippen LogP contribution in [-0.4, -0.2) is 30.5 Å². The third-order valence-corrected chi connectivity index (χ3v) is 5.28. The first-order valence-corrected chi connectivity index (χ1v) is 10.1. The van der Waals surface area contributed by atoms with Gasteiger partial charge in [0.2, 0.25) is 0 Å². The maximum absolute atomic E-state index is 12.5. The molecule has 0 radical (unpaired) electrons. The average molecular weight is 426 g/mol. The molecule has 0 atom stereocenters. The lowest BCUT2D eigenvalue weighted by Crippen LogP contribution is -2.23. The van der Waals surface area contributed by atoms with Gasteiger partial charge in [-0.15, -0.1) is 11.3 Å². The van der Waals surface area contributed by atoms with Crippen LogP contribution in [0.2, 0.25) is 0 Å². The van der Waals surface area contributed by atoms with Crippen LogP contribution < -0.4 is 20.5 Å². The molecule has 3 N–H and O–H groups in total. The summed E-state index contributed by atoms with van der Waals surface area (Å²) in [6.07, 6.45) is 0. The van der Waals surface area contributed by atoms with Gasteiger partial charge in [-0.1, -0.05) is 29.8 Å². The molecule has 3 aromatic rings. The van der Waals surface area contributed by atoms with Crippen molar-refractivity contribution >= 4 is 23.2 Å². The lowest BCUT2D eigenvalue weighted by molar-refractivity contribution is -0.119. The highest BCUT2D eigenvalue weighted by Crippen LogP contribution is 2.29. The maximum Gasteiger partial charge on any atom is 0.271 e. The summed E-state index contributed by atoms with van der Waals surface area (Å²) < 4.78 is 10.6. The Morgan fingerprint density at radius 3 is 2.63 bits per heavy atom. The molecule has 8 heteroatoms. The molecule has 2 aromatic carbocycles. The van der Waals surface area contributed by atoms with Gasteiger partial charge in [-0.2, -0.15) is 0 Å². The Kier molecular flexibility index (Phi) is 6.68. The molecule has 1 aromatic heterocycles. The van der Waals surface area contributed by atoms with E-state index < -0.39 is 5.91 Å². The second-order valence-corrected chi connectivity index (χ2v) is 7.64. The number of carbonyl (C=O) groups excluding carboxylic acids is 2. The summed E-state index contributed by atoms with van der Waals surface area (Å²) in [5, 5.41) is 5.43. The summed E-state index contributed by atoms with van der Waals surface area (Å²) >= 11 is 1.44. The normalized spacial score (nSPS) is 10.5. The SMILES string of the molecule is COc1cc(CNC(=O)c2csc(-c3ccc(C)cc3C)n2)ccc1OCC(N)=O. The predicted molar refractivity (Wildman–Crippen MR) is 116 cm³/mol. The highest BCUT2D eigenvalue weighted by molar-refractivity contribution is 7.13. The van der Waals surface area contributed by atoms with E-state index >= 15 is 0 Å². The van der Waals surface area contributed by atoms with E-state index in [4.69, 9.17) is 15.2 Å². The zero-order valence-electron chi connectivity index (χ0n) is 17.0. The van der Waals surface area contributed by atoms with Gasteiger partial charge < -0.3 is 20.5 Å². The van der Waals surface area contributed by atoms with Gasteiger partial charge in [0.25, 0.3) is 11.8 Å². The van der Waals surface area contributed by atoms with E-state index in [1.165, 1.54) is 24.0 Å². The van der Waals surface area contributed by atoms with Crippen molar-refractivity contribution in [3.8, 4) is 22.1 Å². The van der Waals surface area contributed by atoms with E-state index in [1.807, 2.05) is 26.0 Å². The molecule has 1 heterocycles. The average Bonchev–Trinajstić information content (AvgIpc) is 3.20. The van der Waals surface area contributed by atoms with Crippen LogP contribution in [0, 0.1) is 13.8 Å². The van der Waals surface area contributed by atoms with E-state index in [0.717, 1.165) is 21.7 Å². The van der Waals surface area contributed by atoms with Gasteiger partial charge in [0.05, 0.1) is 7.11 Å². The molecular formula is C22H23N3O4S. The number of nitrogens with one attached hydrogen (secondary N) is 1. The molecule has 0 aliphatic rings. The number of carbonyl (C=O) groups is 2. The summed E-state index contributed by atoms with van der Waals surface area (Å²) in [6.45, 7) is 4.14. The van der Waals surface area contributed by atoms with Crippen LogP contribution in [-0.2, 0) is 11.3 Å². The summed E-state index contributed by atoms with van der Waals surface area (Å²) in [4.78, 5) is 27.9. The molecule has 7 nitrogen and oxygen atoms in total. The van der Waals surface area contributed by atoms with Crippen molar-refractivity contribution in [3.63, 3.8) is 0 Å². The minimum Gasteiger partial charge on any atom is -0.493 e. The maximum atomic E-state index is 12.5. The summed E-state index contributed by atoms with van der Waals surface area (Å²) in [7, 11) is 1.50. The Morgan fingerprint density at radius 2 is 1.93 bits per heavy atom. The molecule has 156 valence electrons. The highest BCUT2D eigenvalue weighted by Gasteiger charge is 2.14. The van der Waals surface area contributed by atoms with Crippen molar-refractivity contribution in [1.29, 1.82) is 0 Å².